The molecular formula is C11H9F3N2O. The van der Waals surface area contributed by atoms with Crippen LogP contribution in [-0.4, -0.2) is 15.2 Å². The first-order chi connectivity index (χ1) is 7.80. The zero-order chi connectivity index (χ0) is 12.8. The predicted molar refractivity (Wildman–Crippen MR) is 54.9 cm³/mol. The SMILES string of the molecule is CC(=O)c1c(C(F)(F)F)nc2cc(C)ccn12. The summed E-state index contributed by atoms with van der Waals surface area (Å²) in [6.07, 6.45) is -3.20. The maximum absolute atomic E-state index is 12.7. The molecule has 2 rings (SSSR count). The molecule has 0 aliphatic rings. The van der Waals surface area contributed by atoms with E-state index < -0.39 is 23.3 Å². The fourth-order valence-electron chi connectivity index (χ4n) is 1.68. The Bertz CT molecular complexity index is 599. The van der Waals surface area contributed by atoms with Crippen molar-refractivity contribution in [3.63, 3.8) is 0 Å². The lowest BCUT2D eigenvalue weighted by molar-refractivity contribution is -0.141. The van der Waals surface area contributed by atoms with Crippen LogP contribution in [-0.2, 0) is 6.18 Å². The maximum atomic E-state index is 12.7. The molecule has 0 amide bonds. The normalized spacial score (nSPS) is 12.1. The van der Waals surface area contributed by atoms with Crippen molar-refractivity contribution in [2.75, 3.05) is 0 Å². The van der Waals surface area contributed by atoms with Crippen LogP contribution in [0.3, 0.4) is 0 Å². The molecule has 0 saturated heterocycles. The number of aromatic nitrogens is 2. The summed E-state index contributed by atoms with van der Waals surface area (Å²) in [5.74, 6) is -0.659. The molecule has 2 heterocycles. The van der Waals surface area contributed by atoms with Crippen LogP contribution in [0.5, 0.6) is 0 Å². The monoisotopic (exact) mass is 242 g/mol. The smallest absolute Gasteiger partial charge is 0.297 e. The van der Waals surface area contributed by atoms with Gasteiger partial charge in [0.1, 0.15) is 11.3 Å². The number of hydrogen-bond acceptors (Lipinski definition) is 2. The van der Waals surface area contributed by atoms with Crippen LogP contribution in [0.4, 0.5) is 13.2 Å². The van der Waals surface area contributed by atoms with E-state index in [2.05, 4.69) is 4.98 Å². The molecule has 0 N–H and O–H groups in total. The average molecular weight is 242 g/mol. The minimum Gasteiger partial charge on any atom is -0.297 e. The van der Waals surface area contributed by atoms with Crippen molar-refractivity contribution in [3.8, 4) is 0 Å². The number of fused-ring (bicyclic) bond motifs is 1. The minimum absolute atomic E-state index is 0.127. The second kappa shape index (κ2) is 3.58. The molecule has 2 aromatic rings. The average Bonchev–Trinajstić information content (AvgIpc) is 2.55. The second-order valence-corrected chi connectivity index (χ2v) is 3.80. The van der Waals surface area contributed by atoms with Crippen molar-refractivity contribution in [1.82, 2.24) is 9.38 Å². The Morgan fingerprint density at radius 1 is 1.41 bits per heavy atom. The van der Waals surface area contributed by atoms with Crippen molar-refractivity contribution in [2.45, 2.75) is 20.0 Å². The summed E-state index contributed by atoms with van der Waals surface area (Å²) in [5.41, 5.74) is -0.642. The number of pyridine rings is 1. The van der Waals surface area contributed by atoms with Crippen LogP contribution in [0.1, 0.15) is 28.7 Å². The molecule has 0 atom stereocenters. The lowest BCUT2D eigenvalue weighted by Gasteiger charge is -2.04. The molecule has 0 radical (unpaired) electrons. The molecule has 0 unspecified atom stereocenters. The van der Waals surface area contributed by atoms with Crippen molar-refractivity contribution in [3.05, 3.63) is 35.3 Å². The Balaban J connectivity index is 2.84. The van der Waals surface area contributed by atoms with E-state index >= 15 is 0 Å². The van der Waals surface area contributed by atoms with Crippen molar-refractivity contribution >= 4 is 11.4 Å². The van der Waals surface area contributed by atoms with Gasteiger partial charge in [0.2, 0.25) is 0 Å². The molecule has 0 saturated carbocycles. The van der Waals surface area contributed by atoms with E-state index in [-0.39, 0.29) is 5.65 Å². The lowest BCUT2D eigenvalue weighted by Crippen LogP contribution is -2.12. The summed E-state index contributed by atoms with van der Waals surface area (Å²) in [6, 6.07) is 3.13. The number of imidazole rings is 1. The van der Waals surface area contributed by atoms with E-state index in [1.807, 2.05) is 0 Å². The highest BCUT2D eigenvalue weighted by Gasteiger charge is 2.39. The quantitative estimate of drug-likeness (QED) is 0.720. The summed E-state index contributed by atoms with van der Waals surface area (Å²) < 4.78 is 39.3. The number of nitrogens with zero attached hydrogens (tertiary/aromatic N) is 2. The van der Waals surface area contributed by atoms with E-state index in [1.165, 1.54) is 12.3 Å². The lowest BCUT2D eigenvalue weighted by atomic mass is 10.2. The van der Waals surface area contributed by atoms with Gasteiger partial charge in [-0.2, -0.15) is 13.2 Å². The molecule has 2 aromatic heterocycles. The first-order valence-corrected chi connectivity index (χ1v) is 4.87. The first kappa shape index (κ1) is 11.6. The third-order valence-corrected chi connectivity index (χ3v) is 2.38. The highest BCUT2D eigenvalue weighted by atomic mass is 19.4. The molecule has 0 fully saturated rings. The highest BCUT2D eigenvalue weighted by Crippen LogP contribution is 2.32. The maximum Gasteiger partial charge on any atom is 0.435 e. The van der Waals surface area contributed by atoms with Gasteiger partial charge in [0.15, 0.2) is 11.5 Å². The Hall–Kier alpha value is -1.85. The summed E-state index contributed by atoms with van der Waals surface area (Å²) in [4.78, 5) is 14.8. The first-order valence-electron chi connectivity index (χ1n) is 4.87. The van der Waals surface area contributed by atoms with Gasteiger partial charge in [-0.15, -0.1) is 0 Å². The fraction of sp³-hybridized carbons (Fsp3) is 0.273. The number of hydrogen-bond donors (Lipinski definition) is 0. The van der Waals surface area contributed by atoms with Gasteiger partial charge < -0.3 is 0 Å². The van der Waals surface area contributed by atoms with E-state index in [0.717, 1.165) is 16.9 Å². The standard InChI is InChI=1S/C11H9F3N2O/c1-6-3-4-16-8(5-6)15-10(11(12,13)14)9(16)7(2)17/h3-5H,1-2H3. The Labute approximate surface area is 94.9 Å². The second-order valence-electron chi connectivity index (χ2n) is 3.80. The Morgan fingerprint density at radius 2 is 2.06 bits per heavy atom. The number of ketones is 1. The number of carbonyl (C=O) groups is 1. The third-order valence-electron chi connectivity index (χ3n) is 2.38. The zero-order valence-corrected chi connectivity index (χ0v) is 9.17. The summed E-state index contributed by atoms with van der Waals surface area (Å²) in [5, 5.41) is 0. The van der Waals surface area contributed by atoms with Crippen LogP contribution >= 0.6 is 0 Å². The minimum atomic E-state index is -4.62. The fourth-order valence-corrected chi connectivity index (χ4v) is 1.68. The van der Waals surface area contributed by atoms with Gasteiger partial charge in [-0.05, 0) is 24.6 Å². The van der Waals surface area contributed by atoms with Gasteiger partial charge in [0.25, 0.3) is 0 Å². The zero-order valence-electron chi connectivity index (χ0n) is 9.17. The molecule has 0 bridgehead atoms. The van der Waals surface area contributed by atoms with Crippen molar-refractivity contribution in [1.29, 1.82) is 0 Å². The van der Waals surface area contributed by atoms with Crippen molar-refractivity contribution in [2.24, 2.45) is 0 Å². The molecule has 6 heteroatoms. The number of carbonyl (C=O) groups excluding carboxylic acids is 1. The van der Waals surface area contributed by atoms with Crippen LogP contribution in [0.25, 0.3) is 5.65 Å². The summed E-state index contributed by atoms with van der Waals surface area (Å²) >= 11 is 0. The van der Waals surface area contributed by atoms with Gasteiger partial charge in [0.05, 0.1) is 0 Å². The largest absolute Gasteiger partial charge is 0.435 e. The van der Waals surface area contributed by atoms with Crippen LogP contribution < -0.4 is 0 Å². The van der Waals surface area contributed by atoms with Gasteiger partial charge in [-0.25, -0.2) is 4.98 Å². The molecule has 17 heavy (non-hydrogen) atoms. The summed E-state index contributed by atoms with van der Waals surface area (Å²) in [7, 11) is 0. The highest BCUT2D eigenvalue weighted by molar-refractivity contribution is 5.94. The number of rotatable bonds is 1. The van der Waals surface area contributed by atoms with E-state index in [9.17, 15) is 18.0 Å². The van der Waals surface area contributed by atoms with E-state index in [4.69, 9.17) is 0 Å². The van der Waals surface area contributed by atoms with E-state index in [0.29, 0.717) is 0 Å². The van der Waals surface area contributed by atoms with Crippen molar-refractivity contribution < 1.29 is 18.0 Å². The molecule has 3 nitrogen and oxygen atoms in total. The molecule has 0 aliphatic carbocycles. The van der Waals surface area contributed by atoms with Gasteiger partial charge in [0, 0.05) is 13.1 Å². The topological polar surface area (TPSA) is 34.4 Å². The number of Topliss-reactive ketones (excluding diaryl/α,β-unsaturated/α-hetero) is 1. The van der Waals surface area contributed by atoms with Crippen LogP contribution in [0.15, 0.2) is 18.3 Å². The van der Waals surface area contributed by atoms with Crippen LogP contribution in [0.2, 0.25) is 0 Å². The Kier molecular flexibility index (Phi) is 2.45. The van der Waals surface area contributed by atoms with Gasteiger partial charge in [-0.3, -0.25) is 9.20 Å². The Morgan fingerprint density at radius 3 is 2.59 bits per heavy atom. The number of alkyl halides is 3. The number of aryl methyl sites for hydroxylation is 1. The molecule has 0 aliphatic heterocycles. The van der Waals surface area contributed by atoms with E-state index in [1.54, 1.807) is 13.0 Å². The van der Waals surface area contributed by atoms with Crippen LogP contribution in [0, 0.1) is 6.92 Å². The summed E-state index contributed by atoms with van der Waals surface area (Å²) in [6.45, 7) is 2.84. The molecular weight excluding hydrogens is 233 g/mol. The molecule has 0 spiro atoms. The third kappa shape index (κ3) is 1.90. The predicted octanol–water partition coefficient (Wildman–Crippen LogP) is 2.86. The van der Waals surface area contributed by atoms with Gasteiger partial charge >= 0.3 is 6.18 Å². The van der Waals surface area contributed by atoms with Gasteiger partial charge in [-0.1, -0.05) is 0 Å². The molecule has 90 valence electrons. The molecule has 0 aromatic carbocycles. The number of halogens is 3.